The van der Waals surface area contributed by atoms with Gasteiger partial charge >= 0.3 is 5.97 Å². The molecular formula is C45H69N7O11. The average molecular weight is 884 g/mol. The number of amides is 7. The number of phenols is 1. The largest absolute Gasteiger partial charge is 0.508 e. The molecule has 18 nitrogen and oxygen atoms in total. The van der Waals surface area contributed by atoms with E-state index in [2.05, 4.69) is 39.6 Å². The summed E-state index contributed by atoms with van der Waals surface area (Å²) in [6.45, 7) is 8.44. The van der Waals surface area contributed by atoms with Crippen molar-refractivity contribution in [3.63, 3.8) is 0 Å². The molecule has 0 unspecified atom stereocenters. The first-order valence-electron chi connectivity index (χ1n) is 22.3. The summed E-state index contributed by atoms with van der Waals surface area (Å²) in [7, 11) is 0. The van der Waals surface area contributed by atoms with E-state index in [0.29, 0.717) is 24.8 Å². The van der Waals surface area contributed by atoms with Gasteiger partial charge in [-0.25, -0.2) is 4.79 Å². The number of esters is 1. The summed E-state index contributed by atoms with van der Waals surface area (Å²) in [5, 5.41) is 33.5. The Morgan fingerprint density at radius 1 is 0.825 bits per heavy atom. The molecule has 8 atom stereocenters. The van der Waals surface area contributed by atoms with Gasteiger partial charge in [0, 0.05) is 25.8 Å². The highest BCUT2D eigenvalue weighted by Crippen LogP contribution is 2.21. The lowest BCUT2D eigenvalue weighted by atomic mass is 10.0. The van der Waals surface area contributed by atoms with Crippen molar-refractivity contribution in [2.24, 2.45) is 11.7 Å². The van der Waals surface area contributed by atoms with Gasteiger partial charge < -0.3 is 52.2 Å². The molecule has 18 heteroatoms. The molecule has 2 fully saturated rings. The SMILES string of the molecule is CCCCC/C=C/CC[C@H]1CCCC(=O)N[C@H]([C@@H](C)O)C(=O)N[C@H](C)C(=O)N2CCC[C@H]2C(=O)N[C@@H](CCC(N)=O)C(=O)N[C@H](Cc2ccc(O)cc2)C(=O)N[C@@H](C(C)C)C(=O)O1. The quantitative estimate of drug-likeness (QED) is 0.0757. The van der Waals surface area contributed by atoms with Crippen molar-refractivity contribution in [3.8, 4) is 5.75 Å². The number of hydrogen-bond acceptors (Lipinski definition) is 11. The Balaban J connectivity index is 2.02. The van der Waals surface area contributed by atoms with Crippen molar-refractivity contribution < 1.29 is 53.3 Å². The zero-order valence-electron chi connectivity index (χ0n) is 37.4. The number of unbranched alkanes of at least 4 members (excludes halogenated alkanes) is 3. The monoisotopic (exact) mass is 884 g/mol. The second kappa shape index (κ2) is 26.2. The number of aliphatic hydroxyl groups is 1. The molecular weight excluding hydrogens is 815 g/mol. The van der Waals surface area contributed by atoms with Crippen LogP contribution in [0.1, 0.15) is 124 Å². The number of fused-ring (bicyclic) bond motifs is 1. The van der Waals surface area contributed by atoms with Crippen LogP contribution in [-0.4, -0.2) is 117 Å². The molecule has 2 aliphatic rings. The topological polar surface area (TPSA) is 276 Å². The average Bonchev–Trinajstić information content (AvgIpc) is 3.72. The lowest BCUT2D eigenvalue weighted by molar-refractivity contribution is -0.155. The lowest BCUT2D eigenvalue weighted by Gasteiger charge is -2.30. The van der Waals surface area contributed by atoms with E-state index in [1.165, 1.54) is 30.9 Å². The van der Waals surface area contributed by atoms with Crippen LogP contribution < -0.4 is 32.3 Å². The molecule has 7 amide bonds. The van der Waals surface area contributed by atoms with Gasteiger partial charge in [0.1, 0.15) is 48.1 Å². The van der Waals surface area contributed by atoms with Crippen LogP contribution in [0.3, 0.4) is 0 Å². The van der Waals surface area contributed by atoms with Crippen LogP contribution in [0.5, 0.6) is 5.75 Å². The third kappa shape index (κ3) is 17.3. The fourth-order valence-corrected chi connectivity index (χ4v) is 7.51. The van der Waals surface area contributed by atoms with Gasteiger partial charge in [0.25, 0.3) is 0 Å². The molecule has 0 saturated carbocycles. The Kier molecular flexibility index (Phi) is 21.5. The smallest absolute Gasteiger partial charge is 0.329 e. The third-order valence-electron chi connectivity index (χ3n) is 11.2. The van der Waals surface area contributed by atoms with Gasteiger partial charge in [0.15, 0.2) is 0 Å². The summed E-state index contributed by atoms with van der Waals surface area (Å²) in [5.41, 5.74) is 5.97. The molecule has 0 aromatic heterocycles. The summed E-state index contributed by atoms with van der Waals surface area (Å²) < 4.78 is 6.03. The number of primary amides is 1. The van der Waals surface area contributed by atoms with Crippen molar-refractivity contribution >= 4 is 47.3 Å². The molecule has 350 valence electrons. The molecule has 1 aromatic carbocycles. The van der Waals surface area contributed by atoms with E-state index in [1.54, 1.807) is 26.0 Å². The van der Waals surface area contributed by atoms with Crippen molar-refractivity contribution in [3.05, 3.63) is 42.0 Å². The third-order valence-corrected chi connectivity index (χ3v) is 11.2. The summed E-state index contributed by atoms with van der Waals surface area (Å²) in [4.78, 5) is 110. The van der Waals surface area contributed by atoms with E-state index in [1.807, 2.05) is 6.08 Å². The van der Waals surface area contributed by atoms with Crippen molar-refractivity contribution in [1.29, 1.82) is 0 Å². The number of phenolic OH excluding ortho intramolecular Hbond substituents is 1. The van der Waals surface area contributed by atoms with Gasteiger partial charge in [0.05, 0.1) is 6.10 Å². The van der Waals surface area contributed by atoms with Crippen molar-refractivity contribution in [1.82, 2.24) is 31.5 Å². The maximum atomic E-state index is 14.2. The number of nitrogens with one attached hydrogen (secondary N) is 5. The normalized spacial score (nSPS) is 25.9. The van der Waals surface area contributed by atoms with Crippen LogP contribution in [0.25, 0.3) is 0 Å². The summed E-state index contributed by atoms with van der Waals surface area (Å²) in [6, 6.07) is -1.64. The molecule has 0 aliphatic carbocycles. The number of benzene rings is 1. The molecule has 0 bridgehead atoms. The molecule has 0 radical (unpaired) electrons. The van der Waals surface area contributed by atoms with E-state index in [9.17, 15) is 48.6 Å². The van der Waals surface area contributed by atoms with Gasteiger partial charge in [-0.2, -0.15) is 0 Å². The maximum absolute atomic E-state index is 14.2. The van der Waals surface area contributed by atoms with Crippen LogP contribution in [0.4, 0.5) is 0 Å². The maximum Gasteiger partial charge on any atom is 0.329 e. The fourth-order valence-electron chi connectivity index (χ4n) is 7.51. The number of cyclic esters (lactones) is 1. The van der Waals surface area contributed by atoms with Crippen LogP contribution in [0.2, 0.25) is 0 Å². The number of aliphatic hydroxyl groups excluding tert-OH is 1. The van der Waals surface area contributed by atoms with E-state index in [0.717, 1.165) is 25.7 Å². The van der Waals surface area contributed by atoms with Crippen LogP contribution in [-0.2, 0) is 49.5 Å². The van der Waals surface area contributed by atoms with Crippen molar-refractivity contribution in [2.75, 3.05) is 6.54 Å². The second-order valence-corrected chi connectivity index (χ2v) is 16.9. The zero-order valence-corrected chi connectivity index (χ0v) is 37.4. The van der Waals surface area contributed by atoms with Gasteiger partial charge in [0.2, 0.25) is 41.4 Å². The Morgan fingerprint density at radius 3 is 2.14 bits per heavy atom. The zero-order chi connectivity index (χ0) is 46.6. The highest BCUT2D eigenvalue weighted by atomic mass is 16.5. The number of carbonyl (C=O) groups excluding carboxylic acids is 8. The van der Waals surface area contributed by atoms with Crippen LogP contribution >= 0.6 is 0 Å². The number of ether oxygens (including phenoxy) is 1. The number of nitrogens with zero attached hydrogens (tertiary/aromatic N) is 1. The Morgan fingerprint density at radius 2 is 1.49 bits per heavy atom. The van der Waals surface area contributed by atoms with Gasteiger partial charge in [-0.05, 0) is 95.2 Å². The summed E-state index contributed by atoms with van der Waals surface area (Å²) >= 11 is 0. The highest BCUT2D eigenvalue weighted by molar-refractivity contribution is 5.97. The summed E-state index contributed by atoms with van der Waals surface area (Å²) in [5.74, 6) is -6.31. The molecule has 9 N–H and O–H groups in total. The minimum absolute atomic E-state index is 0.0277. The highest BCUT2D eigenvalue weighted by Gasteiger charge is 2.39. The predicted molar refractivity (Wildman–Crippen MR) is 233 cm³/mol. The van der Waals surface area contributed by atoms with Gasteiger partial charge in [-0.15, -0.1) is 0 Å². The molecule has 2 saturated heterocycles. The number of allylic oxidation sites excluding steroid dienone is 2. The van der Waals surface area contributed by atoms with Gasteiger partial charge in [-0.1, -0.05) is 57.9 Å². The number of hydrogen-bond donors (Lipinski definition) is 8. The van der Waals surface area contributed by atoms with E-state index >= 15 is 0 Å². The van der Waals surface area contributed by atoms with Crippen LogP contribution in [0.15, 0.2) is 36.4 Å². The minimum atomic E-state index is -1.42. The molecule has 63 heavy (non-hydrogen) atoms. The van der Waals surface area contributed by atoms with Gasteiger partial charge in [-0.3, -0.25) is 33.6 Å². The molecule has 2 heterocycles. The number of rotatable bonds is 14. The molecule has 0 spiro atoms. The number of carbonyl (C=O) groups is 8. The lowest BCUT2D eigenvalue weighted by Crippen LogP contribution is -2.60. The fraction of sp³-hybridized carbons (Fsp3) is 0.644. The van der Waals surface area contributed by atoms with E-state index in [4.69, 9.17) is 10.5 Å². The Hall–Kier alpha value is -5.52. The minimum Gasteiger partial charge on any atom is -0.508 e. The standard InChI is InChI=1S/C45H69N7O11/c1-6-7-8-9-10-11-12-15-32-16-13-18-37(56)50-39(29(5)53)43(60)47-28(4)44(61)52-25-14-17-35(52)42(59)48-33(23-24-36(46)55)40(57)49-34(26-30-19-21-31(54)22-20-30)41(58)51-38(27(2)3)45(62)63-32/h10-11,19-22,27-29,32-35,38-39,53-54H,6-9,12-18,23-26H2,1-5H3,(H2,46,55)(H,47,60)(H,48,59)(H,49,57)(H,50,56)(H,51,58)/b11-10+/t28-,29-,32+,33+,34-,35+,38+,39-/m1/s1. The van der Waals surface area contributed by atoms with E-state index < -0.39 is 102 Å². The second-order valence-electron chi connectivity index (χ2n) is 16.9. The van der Waals surface area contributed by atoms with Crippen molar-refractivity contribution in [2.45, 2.75) is 173 Å². The Labute approximate surface area is 370 Å². The molecule has 3 rings (SSSR count). The first kappa shape index (κ1) is 51.8. The van der Waals surface area contributed by atoms with Crippen LogP contribution in [0, 0.1) is 5.92 Å². The predicted octanol–water partition coefficient (Wildman–Crippen LogP) is 1.68. The first-order valence-corrected chi connectivity index (χ1v) is 22.3. The van der Waals surface area contributed by atoms with E-state index in [-0.39, 0.29) is 57.2 Å². The number of nitrogens with two attached hydrogens (primary N) is 1. The summed E-state index contributed by atoms with van der Waals surface area (Å²) in [6.07, 6.45) is 7.58. The Bertz CT molecular complexity index is 1750. The number of aromatic hydroxyl groups is 1. The molecule has 1 aromatic rings. The first-order chi connectivity index (χ1) is 29.9. The molecule has 2 aliphatic heterocycles.